The Labute approximate surface area is 72.9 Å². The molecular weight excluding hydrogens is 158 g/mol. The van der Waals surface area contributed by atoms with E-state index in [1.807, 2.05) is 6.92 Å². The van der Waals surface area contributed by atoms with Gasteiger partial charge >= 0.3 is 0 Å². The Bertz CT molecular complexity index is 127. The van der Waals surface area contributed by atoms with Crippen LogP contribution in [0.4, 0.5) is 0 Å². The molecule has 1 amide bonds. The van der Waals surface area contributed by atoms with E-state index in [0.717, 1.165) is 0 Å². The third kappa shape index (κ3) is 6.12. The molecule has 0 aliphatic heterocycles. The summed E-state index contributed by atoms with van der Waals surface area (Å²) in [7, 11) is 1.60. The Balaban J connectivity index is 3.31. The van der Waals surface area contributed by atoms with Crippen LogP contribution in [0.2, 0.25) is 0 Å². The van der Waals surface area contributed by atoms with E-state index in [2.05, 4.69) is 5.32 Å². The van der Waals surface area contributed by atoms with E-state index < -0.39 is 0 Å². The largest absolute Gasteiger partial charge is 0.396 e. The zero-order valence-corrected chi connectivity index (χ0v) is 7.67. The van der Waals surface area contributed by atoms with Crippen molar-refractivity contribution in [1.82, 2.24) is 5.32 Å². The molecule has 0 heterocycles. The fourth-order valence-electron chi connectivity index (χ4n) is 0.669. The molecule has 1 atom stereocenters. The van der Waals surface area contributed by atoms with Crippen molar-refractivity contribution < 1.29 is 14.6 Å². The topological polar surface area (TPSA) is 58.6 Å². The van der Waals surface area contributed by atoms with E-state index >= 15 is 0 Å². The molecule has 0 aliphatic rings. The first-order valence-corrected chi connectivity index (χ1v) is 4.11. The van der Waals surface area contributed by atoms with Crippen LogP contribution in [0, 0.1) is 0 Å². The van der Waals surface area contributed by atoms with Crippen LogP contribution in [0.25, 0.3) is 0 Å². The molecule has 2 N–H and O–H groups in total. The summed E-state index contributed by atoms with van der Waals surface area (Å²) in [5, 5.41) is 11.1. The molecule has 0 aromatic rings. The normalized spacial score (nSPS) is 12.6. The third-order valence-electron chi connectivity index (χ3n) is 1.55. The van der Waals surface area contributed by atoms with Crippen molar-refractivity contribution in [2.75, 3.05) is 20.3 Å². The maximum absolute atomic E-state index is 10.9. The summed E-state index contributed by atoms with van der Waals surface area (Å²) < 4.78 is 4.94. The van der Waals surface area contributed by atoms with Crippen LogP contribution in [-0.2, 0) is 9.53 Å². The molecule has 0 saturated heterocycles. The maximum Gasteiger partial charge on any atom is 0.220 e. The fourth-order valence-corrected chi connectivity index (χ4v) is 0.669. The fraction of sp³-hybridized carbons (Fsp3) is 0.875. The van der Waals surface area contributed by atoms with Gasteiger partial charge in [-0.3, -0.25) is 4.79 Å². The molecule has 12 heavy (non-hydrogen) atoms. The van der Waals surface area contributed by atoms with Gasteiger partial charge in [0.25, 0.3) is 0 Å². The number of ether oxygens (including phenoxy) is 1. The lowest BCUT2D eigenvalue weighted by molar-refractivity contribution is -0.121. The summed E-state index contributed by atoms with van der Waals surface area (Å²) in [4.78, 5) is 10.9. The second-order valence-electron chi connectivity index (χ2n) is 2.68. The van der Waals surface area contributed by atoms with Gasteiger partial charge in [0.05, 0.1) is 6.10 Å². The minimum Gasteiger partial charge on any atom is -0.396 e. The third-order valence-corrected chi connectivity index (χ3v) is 1.55. The Morgan fingerprint density at radius 1 is 1.67 bits per heavy atom. The molecule has 0 fully saturated rings. The molecule has 1 unspecified atom stereocenters. The number of carbonyl (C=O) groups excluding carboxylic acids is 1. The van der Waals surface area contributed by atoms with Crippen LogP contribution in [0.3, 0.4) is 0 Å². The number of aliphatic hydroxyl groups is 1. The van der Waals surface area contributed by atoms with Gasteiger partial charge < -0.3 is 15.2 Å². The van der Waals surface area contributed by atoms with E-state index in [-0.39, 0.29) is 18.6 Å². The first kappa shape index (κ1) is 11.4. The number of carbonyl (C=O) groups is 1. The smallest absolute Gasteiger partial charge is 0.220 e. The molecule has 0 saturated carbocycles. The highest BCUT2D eigenvalue weighted by Crippen LogP contribution is 1.88. The Morgan fingerprint density at radius 3 is 2.83 bits per heavy atom. The summed E-state index contributed by atoms with van der Waals surface area (Å²) in [6.07, 6.45) is 0.947. The minimum absolute atomic E-state index is 0.0343. The van der Waals surface area contributed by atoms with E-state index in [0.29, 0.717) is 19.4 Å². The zero-order valence-electron chi connectivity index (χ0n) is 7.67. The van der Waals surface area contributed by atoms with Crippen LogP contribution < -0.4 is 5.32 Å². The van der Waals surface area contributed by atoms with Crippen molar-refractivity contribution in [3.63, 3.8) is 0 Å². The van der Waals surface area contributed by atoms with Gasteiger partial charge in [0.1, 0.15) is 0 Å². The lowest BCUT2D eigenvalue weighted by Crippen LogP contribution is -2.31. The summed E-state index contributed by atoms with van der Waals surface area (Å²) in [6.45, 7) is 2.47. The van der Waals surface area contributed by atoms with Crippen molar-refractivity contribution in [3.05, 3.63) is 0 Å². The van der Waals surface area contributed by atoms with Crippen molar-refractivity contribution >= 4 is 5.91 Å². The first-order valence-electron chi connectivity index (χ1n) is 4.11. The summed E-state index contributed by atoms with van der Waals surface area (Å²) in [5.74, 6) is -0.0343. The lowest BCUT2D eigenvalue weighted by atomic mass is 10.3. The van der Waals surface area contributed by atoms with Gasteiger partial charge in [-0.05, 0) is 13.3 Å². The molecule has 0 aromatic heterocycles. The van der Waals surface area contributed by atoms with Crippen LogP contribution in [-0.4, -0.2) is 37.4 Å². The molecule has 4 nitrogen and oxygen atoms in total. The zero-order chi connectivity index (χ0) is 9.40. The van der Waals surface area contributed by atoms with Crippen LogP contribution >= 0.6 is 0 Å². The van der Waals surface area contributed by atoms with Crippen LogP contribution in [0.1, 0.15) is 19.8 Å². The summed E-state index contributed by atoms with van der Waals surface area (Å²) in [6, 6.07) is 0. The Hall–Kier alpha value is -0.610. The number of methoxy groups -OCH3 is 1. The molecule has 0 spiro atoms. The number of hydrogen-bond acceptors (Lipinski definition) is 3. The van der Waals surface area contributed by atoms with Gasteiger partial charge in [0, 0.05) is 26.7 Å². The van der Waals surface area contributed by atoms with Crippen molar-refractivity contribution in [2.24, 2.45) is 0 Å². The van der Waals surface area contributed by atoms with E-state index in [9.17, 15) is 4.79 Å². The van der Waals surface area contributed by atoms with E-state index in [1.165, 1.54) is 0 Å². The number of aliphatic hydroxyl groups excluding tert-OH is 1. The summed E-state index contributed by atoms with van der Waals surface area (Å²) in [5.41, 5.74) is 0. The second kappa shape index (κ2) is 7.06. The monoisotopic (exact) mass is 175 g/mol. The molecule has 0 aliphatic carbocycles. The average Bonchev–Trinajstić information content (AvgIpc) is 2.10. The standard InChI is InChI=1S/C8H17NO3/c1-7(12-2)6-9-8(11)4-3-5-10/h7,10H,3-6H2,1-2H3,(H,9,11). The molecule has 0 aromatic carbocycles. The average molecular weight is 175 g/mol. The molecule has 0 bridgehead atoms. The molecule has 0 rings (SSSR count). The highest BCUT2D eigenvalue weighted by Gasteiger charge is 2.02. The van der Waals surface area contributed by atoms with Crippen LogP contribution in [0.15, 0.2) is 0 Å². The number of amides is 1. The number of rotatable bonds is 6. The van der Waals surface area contributed by atoms with Gasteiger partial charge in [-0.1, -0.05) is 0 Å². The maximum atomic E-state index is 10.9. The highest BCUT2D eigenvalue weighted by molar-refractivity contribution is 5.75. The minimum atomic E-state index is -0.0343. The number of hydrogen-bond donors (Lipinski definition) is 2. The first-order chi connectivity index (χ1) is 5.70. The molecular formula is C8H17NO3. The quantitative estimate of drug-likeness (QED) is 0.593. The van der Waals surface area contributed by atoms with Crippen molar-refractivity contribution in [2.45, 2.75) is 25.9 Å². The SMILES string of the molecule is COC(C)CNC(=O)CCCO. The van der Waals surface area contributed by atoms with E-state index in [1.54, 1.807) is 7.11 Å². The predicted octanol–water partition coefficient (Wildman–Crippen LogP) is -0.0900. The Kier molecular flexibility index (Phi) is 6.70. The number of nitrogens with one attached hydrogen (secondary N) is 1. The van der Waals surface area contributed by atoms with Crippen molar-refractivity contribution in [3.8, 4) is 0 Å². The predicted molar refractivity (Wildman–Crippen MR) is 45.8 cm³/mol. The Morgan fingerprint density at radius 2 is 2.33 bits per heavy atom. The summed E-state index contributed by atoms with van der Waals surface area (Å²) >= 11 is 0. The van der Waals surface area contributed by atoms with Crippen molar-refractivity contribution in [1.29, 1.82) is 0 Å². The molecule has 72 valence electrons. The molecule has 4 heteroatoms. The van der Waals surface area contributed by atoms with Gasteiger partial charge in [-0.2, -0.15) is 0 Å². The second-order valence-corrected chi connectivity index (χ2v) is 2.68. The van der Waals surface area contributed by atoms with Gasteiger partial charge in [0.15, 0.2) is 0 Å². The van der Waals surface area contributed by atoms with Gasteiger partial charge in [0.2, 0.25) is 5.91 Å². The van der Waals surface area contributed by atoms with Crippen LogP contribution in [0.5, 0.6) is 0 Å². The lowest BCUT2D eigenvalue weighted by Gasteiger charge is -2.10. The van der Waals surface area contributed by atoms with Gasteiger partial charge in [-0.25, -0.2) is 0 Å². The molecule has 0 radical (unpaired) electrons. The van der Waals surface area contributed by atoms with Gasteiger partial charge in [-0.15, -0.1) is 0 Å². The van der Waals surface area contributed by atoms with E-state index in [4.69, 9.17) is 9.84 Å². The highest BCUT2D eigenvalue weighted by atomic mass is 16.5.